The van der Waals surface area contributed by atoms with Crippen molar-refractivity contribution in [3.05, 3.63) is 61.2 Å². The minimum absolute atomic E-state index is 0.0970. The summed E-state index contributed by atoms with van der Waals surface area (Å²) in [5, 5.41) is 4.85. The number of rotatable bonds is 4. The van der Waals surface area contributed by atoms with Gasteiger partial charge in [-0.2, -0.15) is 0 Å². The summed E-state index contributed by atoms with van der Waals surface area (Å²) in [6, 6.07) is 9.77. The maximum absolute atomic E-state index is 11.7. The molecule has 5 heteroatoms. The highest BCUT2D eigenvalue weighted by Crippen LogP contribution is 2.19. The zero-order valence-corrected chi connectivity index (χ0v) is 13.9. The molecular formula is C14H11Br2NOS. The fraction of sp³-hybridized carbons (Fsp3) is 0.0714. The van der Waals surface area contributed by atoms with Gasteiger partial charge in [-0.05, 0) is 39.7 Å². The molecule has 98 valence electrons. The maximum atomic E-state index is 11.7. The number of hydrogen-bond acceptors (Lipinski definition) is 2. The van der Waals surface area contributed by atoms with Crippen molar-refractivity contribution in [2.75, 3.05) is 0 Å². The van der Waals surface area contributed by atoms with Gasteiger partial charge < -0.3 is 5.32 Å². The number of carbonyl (C=O) groups excluding carboxylic acids is 1. The summed E-state index contributed by atoms with van der Waals surface area (Å²) in [5.41, 5.74) is 0.983. The Bertz CT molecular complexity index is 607. The summed E-state index contributed by atoms with van der Waals surface area (Å²) in [6.07, 6.45) is 3.34. The van der Waals surface area contributed by atoms with E-state index in [2.05, 4.69) is 37.2 Å². The minimum Gasteiger partial charge on any atom is -0.348 e. The molecule has 0 radical (unpaired) electrons. The topological polar surface area (TPSA) is 29.1 Å². The third-order valence-electron chi connectivity index (χ3n) is 2.38. The summed E-state index contributed by atoms with van der Waals surface area (Å²) in [5.74, 6) is -0.0970. The molecule has 2 aromatic rings. The van der Waals surface area contributed by atoms with Gasteiger partial charge in [0.2, 0.25) is 5.91 Å². The van der Waals surface area contributed by atoms with Crippen molar-refractivity contribution >= 4 is 55.2 Å². The number of amides is 1. The van der Waals surface area contributed by atoms with Crippen LogP contribution in [0.4, 0.5) is 0 Å². The SMILES string of the molecule is O=C(C=Cc1ccccc1Br)NCc1cc(Br)cs1. The molecule has 2 rings (SSSR count). The molecule has 1 aromatic carbocycles. The lowest BCUT2D eigenvalue weighted by atomic mass is 10.2. The van der Waals surface area contributed by atoms with Gasteiger partial charge in [-0.15, -0.1) is 11.3 Å². The number of benzene rings is 1. The van der Waals surface area contributed by atoms with Gasteiger partial charge in [0.15, 0.2) is 0 Å². The van der Waals surface area contributed by atoms with Crippen molar-refractivity contribution in [1.29, 1.82) is 0 Å². The number of thiophene rings is 1. The van der Waals surface area contributed by atoms with Gasteiger partial charge in [-0.1, -0.05) is 34.1 Å². The molecular weight excluding hydrogens is 390 g/mol. The van der Waals surface area contributed by atoms with Crippen molar-refractivity contribution in [2.24, 2.45) is 0 Å². The standard InChI is InChI=1S/C14H11Br2NOS/c15-11-7-12(19-9-11)8-17-14(18)6-5-10-3-1-2-4-13(10)16/h1-7,9H,8H2,(H,17,18). The second-order valence-electron chi connectivity index (χ2n) is 3.80. The van der Waals surface area contributed by atoms with Crippen molar-refractivity contribution in [2.45, 2.75) is 6.54 Å². The molecule has 0 atom stereocenters. The van der Waals surface area contributed by atoms with Crippen LogP contribution in [0.1, 0.15) is 10.4 Å². The second-order valence-corrected chi connectivity index (χ2v) is 6.57. The van der Waals surface area contributed by atoms with Crippen LogP contribution in [-0.4, -0.2) is 5.91 Å². The lowest BCUT2D eigenvalue weighted by molar-refractivity contribution is -0.116. The number of hydrogen-bond donors (Lipinski definition) is 1. The van der Waals surface area contributed by atoms with Crippen molar-refractivity contribution in [1.82, 2.24) is 5.32 Å². The normalized spacial score (nSPS) is 10.8. The number of halogens is 2. The molecule has 0 saturated carbocycles. The molecule has 0 spiro atoms. The Morgan fingerprint density at radius 3 is 2.79 bits per heavy atom. The molecule has 1 amide bonds. The fourth-order valence-electron chi connectivity index (χ4n) is 1.46. The third-order valence-corrected chi connectivity index (χ3v) is 4.80. The van der Waals surface area contributed by atoms with Crippen LogP contribution in [0.3, 0.4) is 0 Å². The highest BCUT2D eigenvalue weighted by molar-refractivity contribution is 9.10. The first kappa shape index (κ1) is 14.5. The molecule has 1 N–H and O–H groups in total. The summed E-state index contributed by atoms with van der Waals surface area (Å²) in [4.78, 5) is 12.8. The monoisotopic (exact) mass is 399 g/mol. The van der Waals surface area contributed by atoms with Gasteiger partial charge in [-0.25, -0.2) is 0 Å². The van der Waals surface area contributed by atoms with E-state index in [9.17, 15) is 4.79 Å². The summed E-state index contributed by atoms with van der Waals surface area (Å²) >= 11 is 8.44. The van der Waals surface area contributed by atoms with E-state index in [1.807, 2.05) is 35.7 Å². The highest BCUT2D eigenvalue weighted by Gasteiger charge is 2.00. The quantitative estimate of drug-likeness (QED) is 0.746. The third kappa shape index (κ3) is 4.60. The van der Waals surface area contributed by atoms with E-state index < -0.39 is 0 Å². The van der Waals surface area contributed by atoms with Gasteiger partial charge in [0.1, 0.15) is 0 Å². The van der Waals surface area contributed by atoms with Crippen LogP contribution in [-0.2, 0) is 11.3 Å². The van der Waals surface area contributed by atoms with Crippen LogP contribution in [0, 0.1) is 0 Å². The van der Waals surface area contributed by atoms with Gasteiger partial charge in [0.25, 0.3) is 0 Å². The van der Waals surface area contributed by atoms with E-state index in [-0.39, 0.29) is 5.91 Å². The molecule has 0 aliphatic heterocycles. The van der Waals surface area contributed by atoms with Crippen molar-refractivity contribution < 1.29 is 4.79 Å². The average molecular weight is 401 g/mol. The van der Waals surface area contributed by atoms with E-state index >= 15 is 0 Å². The summed E-state index contributed by atoms with van der Waals surface area (Å²) < 4.78 is 2.02. The Balaban J connectivity index is 1.89. The molecule has 0 aliphatic rings. The van der Waals surface area contributed by atoms with E-state index in [4.69, 9.17) is 0 Å². The lowest BCUT2D eigenvalue weighted by Crippen LogP contribution is -2.19. The van der Waals surface area contributed by atoms with Crippen LogP contribution in [0.5, 0.6) is 0 Å². The maximum Gasteiger partial charge on any atom is 0.244 e. The fourth-order valence-corrected chi connectivity index (χ4v) is 3.26. The highest BCUT2D eigenvalue weighted by atomic mass is 79.9. The first-order chi connectivity index (χ1) is 9.15. The molecule has 0 unspecified atom stereocenters. The average Bonchev–Trinajstić information content (AvgIpc) is 2.81. The lowest BCUT2D eigenvalue weighted by Gasteiger charge is -2.00. The number of nitrogens with one attached hydrogen (secondary N) is 1. The van der Waals surface area contributed by atoms with Crippen LogP contribution in [0.2, 0.25) is 0 Å². The van der Waals surface area contributed by atoms with Crippen molar-refractivity contribution in [3.63, 3.8) is 0 Å². The molecule has 19 heavy (non-hydrogen) atoms. The zero-order valence-electron chi connectivity index (χ0n) is 9.90. The summed E-state index contributed by atoms with van der Waals surface area (Å²) in [7, 11) is 0. The van der Waals surface area contributed by atoms with E-state index in [1.54, 1.807) is 23.5 Å². The molecule has 0 aliphatic carbocycles. The minimum atomic E-state index is -0.0970. The Hall–Kier alpha value is -0.910. The van der Waals surface area contributed by atoms with Crippen LogP contribution < -0.4 is 5.32 Å². The first-order valence-corrected chi connectivity index (χ1v) is 8.05. The predicted octanol–water partition coefficient (Wildman–Crippen LogP) is 4.60. The second kappa shape index (κ2) is 7.03. The summed E-state index contributed by atoms with van der Waals surface area (Å²) in [6.45, 7) is 0.551. The smallest absolute Gasteiger partial charge is 0.244 e. The molecule has 1 aromatic heterocycles. The Morgan fingerprint density at radius 1 is 1.32 bits per heavy atom. The van der Waals surface area contributed by atoms with Gasteiger partial charge in [0.05, 0.1) is 6.54 Å². The Labute approximate surface area is 132 Å². The van der Waals surface area contributed by atoms with Gasteiger partial charge >= 0.3 is 0 Å². The van der Waals surface area contributed by atoms with Crippen LogP contribution in [0.15, 0.2) is 50.7 Å². The molecule has 2 nitrogen and oxygen atoms in total. The molecule has 0 fully saturated rings. The number of carbonyl (C=O) groups is 1. The van der Waals surface area contributed by atoms with Crippen LogP contribution in [0.25, 0.3) is 6.08 Å². The zero-order chi connectivity index (χ0) is 13.7. The van der Waals surface area contributed by atoms with Gasteiger partial charge in [-0.3, -0.25) is 4.79 Å². The largest absolute Gasteiger partial charge is 0.348 e. The van der Waals surface area contributed by atoms with Crippen LogP contribution >= 0.6 is 43.2 Å². The van der Waals surface area contributed by atoms with Gasteiger partial charge in [0, 0.05) is 25.3 Å². The first-order valence-electron chi connectivity index (χ1n) is 5.58. The van der Waals surface area contributed by atoms with E-state index in [0.29, 0.717) is 6.54 Å². The molecule has 0 saturated heterocycles. The Morgan fingerprint density at radius 2 is 2.11 bits per heavy atom. The van der Waals surface area contributed by atoms with Crippen molar-refractivity contribution in [3.8, 4) is 0 Å². The molecule has 1 heterocycles. The molecule has 0 bridgehead atoms. The Kier molecular flexibility index (Phi) is 5.36. The van der Waals surface area contributed by atoms with E-state index in [1.165, 1.54) is 0 Å². The van der Waals surface area contributed by atoms with E-state index in [0.717, 1.165) is 19.4 Å². The predicted molar refractivity (Wildman–Crippen MR) is 87.0 cm³/mol.